The highest BCUT2D eigenvalue weighted by atomic mass is 19.1. The lowest BCUT2D eigenvalue weighted by Gasteiger charge is -2.38. The minimum atomic E-state index is -0.805. The Balaban J connectivity index is 2.11. The molecule has 6 heteroatoms. The number of hydrogen-bond acceptors (Lipinski definition) is 4. The zero-order valence-corrected chi connectivity index (χ0v) is 14.9. The number of carbonyl (C=O) groups is 1. The first-order chi connectivity index (χ1) is 11.9. The molecular formula is C19H24FNO4. The molecule has 0 saturated heterocycles. The van der Waals surface area contributed by atoms with Gasteiger partial charge in [0.2, 0.25) is 0 Å². The molecule has 1 amide bonds. The van der Waals surface area contributed by atoms with Crippen molar-refractivity contribution in [2.24, 2.45) is 0 Å². The molecule has 1 spiro atoms. The molecule has 0 radical (unpaired) electrons. The van der Waals surface area contributed by atoms with Gasteiger partial charge >= 0.3 is 0 Å². The van der Waals surface area contributed by atoms with Gasteiger partial charge in [0.05, 0.1) is 5.57 Å². The van der Waals surface area contributed by atoms with Crippen molar-refractivity contribution in [1.82, 2.24) is 5.06 Å². The Hall–Kier alpha value is -2.08. The van der Waals surface area contributed by atoms with Crippen LogP contribution in [0.3, 0.4) is 0 Å². The van der Waals surface area contributed by atoms with Crippen LogP contribution in [0.25, 0.3) is 5.57 Å². The summed E-state index contributed by atoms with van der Waals surface area (Å²) in [6, 6.07) is 3.53. The third kappa shape index (κ3) is 2.99. The third-order valence-electron chi connectivity index (χ3n) is 4.99. The maximum Gasteiger partial charge on any atom is 0.281 e. The Labute approximate surface area is 147 Å². The van der Waals surface area contributed by atoms with Gasteiger partial charge in [0.1, 0.15) is 24.8 Å². The molecular weight excluding hydrogens is 325 g/mol. The number of rotatable bonds is 4. The molecule has 3 rings (SSSR count). The molecule has 0 aromatic heterocycles. The van der Waals surface area contributed by atoms with Crippen LogP contribution in [-0.4, -0.2) is 42.0 Å². The van der Waals surface area contributed by atoms with E-state index < -0.39 is 12.3 Å². The summed E-state index contributed by atoms with van der Waals surface area (Å²) in [5.74, 6) is 0.218. The number of aliphatic hydroxyl groups is 1. The Kier molecular flexibility index (Phi) is 4.73. The number of benzene rings is 1. The number of nitrogens with zero attached hydrogens (tertiary/aromatic N) is 1. The molecule has 1 aliphatic carbocycles. The Morgan fingerprint density at radius 1 is 1.28 bits per heavy atom. The lowest BCUT2D eigenvalue weighted by Crippen LogP contribution is -2.47. The van der Waals surface area contributed by atoms with Crippen molar-refractivity contribution in [2.45, 2.75) is 45.1 Å². The predicted molar refractivity (Wildman–Crippen MR) is 92.0 cm³/mol. The maximum absolute atomic E-state index is 12.7. The van der Waals surface area contributed by atoms with Crippen LogP contribution in [0.1, 0.15) is 42.4 Å². The smallest absolute Gasteiger partial charge is 0.281 e. The zero-order chi connectivity index (χ0) is 18.2. The van der Waals surface area contributed by atoms with E-state index in [1.807, 2.05) is 13.8 Å². The van der Waals surface area contributed by atoms with E-state index in [4.69, 9.17) is 9.57 Å². The normalized spacial score (nSPS) is 19.8. The highest BCUT2D eigenvalue weighted by Gasteiger charge is 2.48. The quantitative estimate of drug-likeness (QED) is 0.902. The van der Waals surface area contributed by atoms with E-state index in [-0.39, 0.29) is 18.3 Å². The second-order valence-corrected chi connectivity index (χ2v) is 6.79. The van der Waals surface area contributed by atoms with E-state index >= 15 is 0 Å². The second kappa shape index (κ2) is 6.67. The van der Waals surface area contributed by atoms with Crippen LogP contribution in [0.2, 0.25) is 0 Å². The zero-order valence-electron chi connectivity index (χ0n) is 14.9. The van der Waals surface area contributed by atoms with Crippen molar-refractivity contribution < 1.29 is 23.9 Å². The summed E-state index contributed by atoms with van der Waals surface area (Å²) in [6.45, 7) is 3.14. The summed E-state index contributed by atoms with van der Waals surface area (Å²) in [4.78, 5) is 18.5. The van der Waals surface area contributed by atoms with Crippen molar-refractivity contribution in [2.75, 3.05) is 20.3 Å². The number of alkyl halides is 1. The van der Waals surface area contributed by atoms with Crippen LogP contribution in [0, 0.1) is 13.8 Å². The second-order valence-electron chi connectivity index (χ2n) is 6.79. The van der Waals surface area contributed by atoms with E-state index in [0.717, 1.165) is 24.0 Å². The molecule has 5 nitrogen and oxygen atoms in total. The van der Waals surface area contributed by atoms with Gasteiger partial charge in [-0.2, -0.15) is 0 Å². The van der Waals surface area contributed by atoms with Crippen LogP contribution in [0.5, 0.6) is 5.75 Å². The summed E-state index contributed by atoms with van der Waals surface area (Å²) in [5.41, 5.74) is 1.78. The lowest BCUT2D eigenvalue weighted by atomic mass is 9.87. The molecule has 1 heterocycles. The molecule has 2 aliphatic rings. The number of amides is 1. The van der Waals surface area contributed by atoms with Gasteiger partial charge in [-0.15, -0.1) is 0 Å². The van der Waals surface area contributed by atoms with Crippen LogP contribution in [0.15, 0.2) is 17.9 Å². The molecule has 1 N–H and O–H groups in total. The van der Waals surface area contributed by atoms with Gasteiger partial charge in [-0.25, -0.2) is 9.45 Å². The van der Waals surface area contributed by atoms with Gasteiger partial charge in [0, 0.05) is 7.05 Å². The summed E-state index contributed by atoms with van der Waals surface area (Å²) in [5, 5.41) is 12.2. The average Bonchev–Trinajstić information content (AvgIpc) is 3.03. The molecule has 0 atom stereocenters. The minimum Gasteiger partial charge on any atom is -0.508 e. The molecule has 1 fully saturated rings. The monoisotopic (exact) mass is 349 g/mol. The summed E-state index contributed by atoms with van der Waals surface area (Å²) in [7, 11) is 1.58. The molecule has 0 bridgehead atoms. The Morgan fingerprint density at radius 2 is 1.88 bits per heavy atom. The molecule has 1 aromatic rings. The standard InChI is InChI=1S/C19H24FNO4/c1-12-10-14(24-9-8-20)11-13(2)15(12)16-17(22)19(6-4-5-7-19)25-21(3)18(16)23/h10-11,22H,4-9H2,1-3H3. The third-order valence-corrected chi connectivity index (χ3v) is 4.99. The highest BCUT2D eigenvalue weighted by molar-refractivity contribution is 6.21. The highest BCUT2D eigenvalue weighted by Crippen LogP contribution is 2.45. The number of hydroxylamine groups is 2. The first-order valence-corrected chi connectivity index (χ1v) is 8.61. The molecule has 1 saturated carbocycles. The fourth-order valence-corrected chi connectivity index (χ4v) is 3.89. The Morgan fingerprint density at radius 3 is 2.44 bits per heavy atom. The summed E-state index contributed by atoms with van der Waals surface area (Å²) in [6.07, 6.45) is 3.28. The van der Waals surface area contributed by atoms with Crippen LogP contribution in [-0.2, 0) is 9.63 Å². The number of likely N-dealkylation sites (N-methyl/N-ethyl adjacent to an activating group) is 1. The lowest BCUT2D eigenvalue weighted by molar-refractivity contribution is -0.227. The van der Waals surface area contributed by atoms with Gasteiger partial charge in [-0.3, -0.25) is 9.63 Å². The topological polar surface area (TPSA) is 59.0 Å². The number of ether oxygens (including phenoxy) is 1. The summed E-state index contributed by atoms with van der Waals surface area (Å²) < 4.78 is 17.7. The number of carbonyl (C=O) groups excluding carboxylic acids is 1. The number of aryl methyl sites for hydroxylation is 2. The van der Waals surface area contributed by atoms with Crippen LogP contribution >= 0.6 is 0 Å². The van der Waals surface area contributed by atoms with Crippen molar-refractivity contribution >= 4 is 11.5 Å². The number of hydrogen-bond donors (Lipinski definition) is 1. The largest absolute Gasteiger partial charge is 0.508 e. The predicted octanol–water partition coefficient (Wildman–Crippen LogP) is 3.64. The molecule has 25 heavy (non-hydrogen) atoms. The van der Waals surface area contributed by atoms with Crippen LogP contribution in [0.4, 0.5) is 4.39 Å². The SMILES string of the molecule is Cc1cc(OCCF)cc(C)c1C1=C(O)C2(CCCC2)ON(C)C1=O. The van der Waals surface area contributed by atoms with Crippen molar-refractivity contribution in [3.05, 3.63) is 34.6 Å². The summed E-state index contributed by atoms with van der Waals surface area (Å²) >= 11 is 0. The van der Waals surface area contributed by atoms with Crippen molar-refractivity contribution in [3.63, 3.8) is 0 Å². The number of aliphatic hydroxyl groups excluding tert-OH is 1. The first-order valence-electron chi connectivity index (χ1n) is 8.61. The fourth-order valence-electron chi connectivity index (χ4n) is 3.89. The number of halogens is 1. The van der Waals surface area contributed by atoms with E-state index in [9.17, 15) is 14.3 Å². The molecule has 136 valence electrons. The maximum atomic E-state index is 12.7. The van der Waals surface area contributed by atoms with Gasteiger partial charge < -0.3 is 9.84 Å². The van der Waals surface area contributed by atoms with Gasteiger partial charge in [-0.1, -0.05) is 0 Å². The van der Waals surface area contributed by atoms with Crippen LogP contribution < -0.4 is 4.74 Å². The van der Waals surface area contributed by atoms with E-state index in [1.54, 1.807) is 19.2 Å². The molecule has 1 aliphatic heterocycles. The van der Waals surface area contributed by atoms with E-state index in [2.05, 4.69) is 0 Å². The van der Waals surface area contributed by atoms with Crippen molar-refractivity contribution in [3.8, 4) is 5.75 Å². The van der Waals surface area contributed by atoms with E-state index in [0.29, 0.717) is 29.7 Å². The fraction of sp³-hybridized carbons (Fsp3) is 0.526. The van der Waals surface area contributed by atoms with Gasteiger partial charge in [0.25, 0.3) is 5.91 Å². The molecule has 0 unspecified atom stereocenters. The van der Waals surface area contributed by atoms with Crippen molar-refractivity contribution in [1.29, 1.82) is 0 Å². The van der Waals surface area contributed by atoms with Gasteiger partial charge in [-0.05, 0) is 68.4 Å². The average molecular weight is 349 g/mol. The van der Waals surface area contributed by atoms with Gasteiger partial charge in [0.15, 0.2) is 5.60 Å². The van der Waals surface area contributed by atoms with E-state index in [1.165, 1.54) is 5.06 Å². The minimum absolute atomic E-state index is 0.00913. The first kappa shape index (κ1) is 17.7. The Bertz CT molecular complexity index is 699. The molecule has 1 aromatic carbocycles.